The molecule has 1 aromatic carbocycles. The molecule has 6 amide bonds. The Kier molecular flexibility index (Phi) is 11.4. The molecule has 3 aliphatic heterocycles. The van der Waals surface area contributed by atoms with Crippen LogP contribution in [0.5, 0.6) is 5.75 Å². The summed E-state index contributed by atoms with van der Waals surface area (Å²) in [6, 6.07) is 8.89. The number of nitrogens with one attached hydrogen (secondary N) is 5. The van der Waals surface area contributed by atoms with Crippen LogP contribution in [0.2, 0.25) is 0 Å². The van der Waals surface area contributed by atoms with E-state index in [9.17, 15) is 32.4 Å². The van der Waals surface area contributed by atoms with E-state index in [1.165, 1.54) is 4.90 Å². The zero-order valence-corrected chi connectivity index (χ0v) is 31.3. The number of carbonyl (C=O) groups is 5. The number of hydrogen-bond donors (Lipinski definition) is 5. The van der Waals surface area contributed by atoms with Gasteiger partial charge in [0.25, 0.3) is 11.8 Å². The fourth-order valence-corrected chi connectivity index (χ4v) is 8.76. The number of carbonyl (C=O) groups excluding carboxylic acids is 5. The van der Waals surface area contributed by atoms with E-state index in [-0.39, 0.29) is 51.4 Å². The Hall–Kier alpha value is -5.03. The average Bonchev–Trinajstić information content (AvgIpc) is 4.10. The third kappa shape index (κ3) is 9.10. The van der Waals surface area contributed by atoms with Gasteiger partial charge >= 0.3 is 6.03 Å². The summed E-state index contributed by atoms with van der Waals surface area (Å²) in [4.78, 5) is 75.1. The summed E-state index contributed by atoms with van der Waals surface area (Å²) in [7, 11) is -3.91. The Morgan fingerprint density at radius 2 is 1.76 bits per heavy atom. The van der Waals surface area contributed by atoms with Crippen LogP contribution in [0.4, 0.5) is 4.79 Å². The second kappa shape index (κ2) is 16.4. The van der Waals surface area contributed by atoms with Gasteiger partial charge in [-0.3, -0.25) is 23.9 Å². The fourth-order valence-electron chi connectivity index (χ4n) is 7.40. The molecule has 17 heteroatoms. The second-order valence-electron chi connectivity index (χ2n) is 14.8. The fraction of sp³-hybridized carbons (Fsp3) is 0.526. The van der Waals surface area contributed by atoms with Crippen molar-refractivity contribution in [2.75, 3.05) is 32.9 Å². The lowest BCUT2D eigenvalue weighted by Gasteiger charge is -2.30. The molecule has 2 aromatic rings. The standard InChI is InChI=1S/C38H47N7O9S/c46-33-30-13-7-12-29(41-30)24-8-6-10-27(20-24)54-19-18-53-17-16-39-37(50)42-31-11-5-3-1-2-4-9-25-22-38(25,36(49)44-55(51,52)28-14-15-28)43-34(47)32-21-26(40-33)23-45(32)35(31)48/h4,6-10,12-13,20,25-26,28,31-32H,1-3,5,11,14-19,21-23H2,(H,40,46)(H,43,47)(H,44,49)(H2,39,42,50)/t25-,26-,31+,32+,38-/m1/s1. The van der Waals surface area contributed by atoms with E-state index in [0.717, 1.165) is 18.4 Å². The molecule has 16 nitrogen and oxygen atoms in total. The third-order valence-corrected chi connectivity index (χ3v) is 12.5. The molecular weight excluding hydrogens is 731 g/mol. The predicted octanol–water partition coefficient (Wildman–Crippen LogP) is 1.53. The summed E-state index contributed by atoms with van der Waals surface area (Å²) in [6.07, 6.45) is 7.99. The first-order valence-electron chi connectivity index (χ1n) is 19.0. The molecule has 5 aliphatic rings. The number of allylic oxidation sites excluding steroid dienone is 1. The Labute approximate surface area is 319 Å². The lowest BCUT2D eigenvalue weighted by atomic mass is 10.0. The lowest BCUT2D eigenvalue weighted by Crippen LogP contribution is -2.58. The highest BCUT2D eigenvalue weighted by Gasteiger charge is 2.62. The Morgan fingerprint density at radius 3 is 2.60 bits per heavy atom. The van der Waals surface area contributed by atoms with Crippen molar-refractivity contribution in [3.63, 3.8) is 0 Å². The SMILES string of the molecule is O=C1NCCOCCOc2cccc(c2)-c2cccc(n2)C(=O)N[C@@H]2C[C@H]3C(=O)N[C@]4(C(=O)NS(=O)(=O)C5CC5)C[C@H]4C=CCCCCC[C@H](N1)C(=O)N3C2. The number of rotatable bonds is 3. The molecule has 5 atom stereocenters. The summed E-state index contributed by atoms with van der Waals surface area (Å²) < 4.78 is 39.3. The maximum Gasteiger partial charge on any atom is 0.315 e. The molecule has 2 saturated carbocycles. The van der Waals surface area contributed by atoms with E-state index < -0.39 is 74.5 Å². The maximum atomic E-state index is 14.4. The number of urea groups is 1. The topological polar surface area (TPSA) is 214 Å². The monoisotopic (exact) mass is 777 g/mol. The molecular formula is C38H47N7O9S. The summed E-state index contributed by atoms with van der Waals surface area (Å²) >= 11 is 0. The Balaban J connectivity index is 1.18. The van der Waals surface area contributed by atoms with E-state index in [1.54, 1.807) is 30.3 Å². The number of benzene rings is 1. The van der Waals surface area contributed by atoms with Crippen molar-refractivity contribution in [2.45, 2.75) is 86.7 Å². The molecule has 3 fully saturated rings. The zero-order chi connectivity index (χ0) is 38.6. The van der Waals surface area contributed by atoms with Gasteiger partial charge in [-0.1, -0.05) is 43.2 Å². The first kappa shape index (κ1) is 38.3. The largest absolute Gasteiger partial charge is 0.491 e. The summed E-state index contributed by atoms with van der Waals surface area (Å²) in [5.74, 6) is -2.37. The first-order chi connectivity index (χ1) is 26.5. The second-order valence-corrected chi connectivity index (χ2v) is 16.7. The molecule has 1 aromatic heterocycles. The van der Waals surface area contributed by atoms with Crippen LogP contribution in [0.15, 0.2) is 54.6 Å². The van der Waals surface area contributed by atoms with Gasteiger partial charge in [-0.2, -0.15) is 0 Å². The van der Waals surface area contributed by atoms with Crippen LogP contribution >= 0.6 is 0 Å². The van der Waals surface area contributed by atoms with Crippen LogP contribution in [0.1, 0.15) is 68.3 Å². The first-order valence-corrected chi connectivity index (χ1v) is 20.6. The van der Waals surface area contributed by atoms with E-state index >= 15 is 0 Å². The van der Waals surface area contributed by atoms with Gasteiger partial charge in [-0.15, -0.1) is 0 Å². The van der Waals surface area contributed by atoms with Crippen molar-refractivity contribution >= 4 is 39.7 Å². The average molecular weight is 778 g/mol. The normalized spacial score (nSPS) is 28.3. The Bertz CT molecular complexity index is 1950. The minimum atomic E-state index is -3.91. The molecule has 5 N–H and O–H groups in total. The van der Waals surface area contributed by atoms with Crippen LogP contribution in [-0.2, 0) is 29.1 Å². The van der Waals surface area contributed by atoms with Gasteiger partial charge in [0.05, 0.1) is 24.2 Å². The van der Waals surface area contributed by atoms with E-state index in [0.29, 0.717) is 43.5 Å². The molecule has 0 radical (unpaired) electrons. The summed E-state index contributed by atoms with van der Waals surface area (Å²) in [6.45, 7) is 0.829. The van der Waals surface area contributed by atoms with Gasteiger partial charge in [-0.25, -0.2) is 18.2 Å². The number of amides is 6. The van der Waals surface area contributed by atoms with E-state index in [1.807, 2.05) is 24.3 Å². The molecule has 55 heavy (non-hydrogen) atoms. The minimum Gasteiger partial charge on any atom is -0.491 e. The summed E-state index contributed by atoms with van der Waals surface area (Å²) in [5.41, 5.74) is -0.146. The van der Waals surface area contributed by atoms with Crippen LogP contribution in [-0.4, -0.2) is 110 Å². The molecule has 4 heterocycles. The van der Waals surface area contributed by atoms with Gasteiger partial charge < -0.3 is 35.6 Å². The highest BCUT2D eigenvalue weighted by Crippen LogP contribution is 2.46. The highest BCUT2D eigenvalue weighted by molar-refractivity contribution is 7.91. The molecule has 7 rings (SSSR count). The minimum absolute atomic E-state index is 0.00276. The number of sulfonamides is 1. The molecule has 0 unspecified atom stereocenters. The van der Waals surface area contributed by atoms with Crippen LogP contribution in [0.3, 0.4) is 0 Å². The van der Waals surface area contributed by atoms with Crippen LogP contribution in [0, 0.1) is 5.92 Å². The van der Waals surface area contributed by atoms with Crippen LogP contribution < -0.4 is 30.7 Å². The quantitative estimate of drug-likeness (QED) is 0.284. The number of aromatic nitrogens is 1. The highest BCUT2D eigenvalue weighted by atomic mass is 32.2. The molecule has 2 aliphatic carbocycles. The van der Waals surface area contributed by atoms with Gasteiger partial charge in [-0.05, 0) is 69.2 Å². The predicted molar refractivity (Wildman–Crippen MR) is 199 cm³/mol. The number of ether oxygens (including phenoxy) is 2. The van der Waals surface area contributed by atoms with E-state index in [2.05, 4.69) is 31.0 Å². The van der Waals surface area contributed by atoms with Crippen molar-refractivity contribution in [2.24, 2.45) is 5.92 Å². The smallest absolute Gasteiger partial charge is 0.315 e. The third-order valence-electron chi connectivity index (χ3n) is 10.7. The number of nitrogens with zero attached hydrogens (tertiary/aromatic N) is 2. The Morgan fingerprint density at radius 1 is 0.945 bits per heavy atom. The van der Waals surface area contributed by atoms with Crippen molar-refractivity contribution < 1.29 is 41.9 Å². The number of pyridine rings is 1. The van der Waals surface area contributed by atoms with Gasteiger partial charge in [0.2, 0.25) is 21.8 Å². The number of hydrogen-bond acceptors (Lipinski definition) is 10. The van der Waals surface area contributed by atoms with Gasteiger partial charge in [0.1, 0.15) is 35.7 Å². The van der Waals surface area contributed by atoms with Gasteiger partial charge in [0.15, 0.2) is 0 Å². The molecule has 1 saturated heterocycles. The maximum absolute atomic E-state index is 14.4. The van der Waals surface area contributed by atoms with Crippen molar-refractivity contribution in [1.29, 1.82) is 0 Å². The van der Waals surface area contributed by atoms with Crippen LogP contribution in [0.25, 0.3) is 11.3 Å². The lowest BCUT2D eigenvalue weighted by molar-refractivity contribution is -0.141. The molecule has 294 valence electrons. The van der Waals surface area contributed by atoms with Crippen molar-refractivity contribution in [1.82, 2.24) is 35.9 Å². The molecule has 7 bridgehead atoms. The van der Waals surface area contributed by atoms with Gasteiger partial charge in [0, 0.05) is 30.6 Å². The zero-order valence-electron chi connectivity index (χ0n) is 30.5. The van der Waals surface area contributed by atoms with E-state index in [4.69, 9.17) is 9.47 Å². The number of fused-ring (bicyclic) bond motifs is 8. The van der Waals surface area contributed by atoms with Crippen molar-refractivity contribution in [3.8, 4) is 17.0 Å². The summed E-state index contributed by atoms with van der Waals surface area (Å²) in [5, 5.41) is 10.7. The molecule has 0 spiro atoms. The van der Waals surface area contributed by atoms with Crippen molar-refractivity contribution in [3.05, 3.63) is 60.3 Å².